The van der Waals surface area contributed by atoms with Crippen LogP contribution in [0.2, 0.25) is 0 Å². The Labute approximate surface area is 96.4 Å². The molecular weight excluding hydrogens is 206 g/mol. The molecule has 0 spiro atoms. The lowest BCUT2D eigenvalue weighted by Crippen LogP contribution is -2.21. The number of methoxy groups -OCH3 is 1. The van der Waals surface area contributed by atoms with Crippen molar-refractivity contribution in [1.82, 2.24) is 5.32 Å². The molecule has 0 amide bonds. The van der Waals surface area contributed by atoms with Crippen molar-refractivity contribution in [2.45, 2.75) is 33.6 Å². The molecule has 0 bridgehead atoms. The SMILES string of the molecule is CC/C=C/N/C(C(=O)OC)=C(\C)C(=O)CC. The first kappa shape index (κ1) is 14.4. The zero-order chi connectivity index (χ0) is 12.6. The van der Waals surface area contributed by atoms with Crippen LogP contribution in [0.3, 0.4) is 0 Å². The topological polar surface area (TPSA) is 55.4 Å². The van der Waals surface area contributed by atoms with Gasteiger partial charge in [0.1, 0.15) is 5.70 Å². The maximum absolute atomic E-state index is 11.5. The van der Waals surface area contributed by atoms with E-state index in [4.69, 9.17) is 0 Å². The van der Waals surface area contributed by atoms with Crippen LogP contribution in [-0.4, -0.2) is 18.9 Å². The number of allylic oxidation sites excluding steroid dienone is 2. The zero-order valence-corrected chi connectivity index (χ0v) is 10.3. The third-order valence-electron chi connectivity index (χ3n) is 2.09. The highest BCUT2D eigenvalue weighted by molar-refractivity contribution is 6.02. The van der Waals surface area contributed by atoms with E-state index in [1.54, 1.807) is 20.0 Å². The maximum atomic E-state index is 11.5. The van der Waals surface area contributed by atoms with Crippen LogP contribution in [0.15, 0.2) is 23.5 Å². The summed E-state index contributed by atoms with van der Waals surface area (Å²) in [6, 6.07) is 0. The van der Waals surface area contributed by atoms with E-state index in [9.17, 15) is 9.59 Å². The van der Waals surface area contributed by atoms with Crippen LogP contribution in [-0.2, 0) is 14.3 Å². The number of esters is 1. The van der Waals surface area contributed by atoms with Crippen molar-refractivity contribution in [2.24, 2.45) is 0 Å². The van der Waals surface area contributed by atoms with Crippen LogP contribution in [0, 0.1) is 0 Å². The largest absolute Gasteiger partial charge is 0.464 e. The van der Waals surface area contributed by atoms with Crippen molar-refractivity contribution in [3.63, 3.8) is 0 Å². The van der Waals surface area contributed by atoms with Crippen LogP contribution in [0.5, 0.6) is 0 Å². The molecule has 90 valence electrons. The van der Waals surface area contributed by atoms with Gasteiger partial charge in [0.2, 0.25) is 0 Å². The van der Waals surface area contributed by atoms with Crippen LogP contribution in [0.25, 0.3) is 0 Å². The van der Waals surface area contributed by atoms with Gasteiger partial charge in [-0.3, -0.25) is 4.79 Å². The first-order chi connectivity index (χ1) is 7.58. The Hall–Kier alpha value is -1.58. The molecule has 0 aliphatic carbocycles. The summed E-state index contributed by atoms with van der Waals surface area (Å²) in [6.07, 6.45) is 4.71. The van der Waals surface area contributed by atoms with Crippen LogP contribution >= 0.6 is 0 Å². The second-order valence-electron chi connectivity index (χ2n) is 3.22. The second kappa shape index (κ2) is 7.68. The highest BCUT2D eigenvalue weighted by atomic mass is 16.5. The van der Waals surface area contributed by atoms with Crippen LogP contribution in [0.4, 0.5) is 0 Å². The summed E-state index contributed by atoms with van der Waals surface area (Å²) >= 11 is 0. The summed E-state index contributed by atoms with van der Waals surface area (Å²) in [5, 5.41) is 2.79. The van der Waals surface area contributed by atoms with Crippen molar-refractivity contribution in [3.8, 4) is 0 Å². The lowest BCUT2D eigenvalue weighted by Gasteiger charge is -2.08. The molecule has 4 nitrogen and oxygen atoms in total. The number of Topliss-reactive ketones (excluding diaryl/α,β-unsaturated/α-hetero) is 1. The standard InChI is InChI=1S/C12H19NO3/c1-5-7-8-13-11(12(15)16-4)9(3)10(14)6-2/h7-8,13H,5-6H2,1-4H3/b8-7+,11-9+. The number of hydrogen-bond acceptors (Lipinski definition) is 4. The minimum atomic E-state index is -0.528. The maximum Gasteiger partial charge on any atom is 0.354 e. The van der Waals surface area contributed by atoms with Crippen molar-refractivity contribution in [1.29, 1.82) is 0 Å². The average molecular weight is 225 g/mol. The molecule has 0 aromatic carbocycles. The Kier molecular flexibility index (Phi) is 6.92. The summed E-state index contributed by atoms with van der Waals surface area (Å²) in [5.41, 5.74) is 0.606. The first-order valence-electron chi connectivity index (χ1n) is 5.32. The second-order valence-corrected chi connectivity index (χ2v) is 3.22. The van der Waals surface area contributed by atoms with Gasteiger partial charge in [0, 0.05) is 12.0 Å². The average Bonchev–Trinajstić information content (AvgIpc) is 2.32. The van der Waals surface area contributed by atoms with Gasteiger partial charge in [-0.2, -0.15) is 0 Å². The summed E-state index contributed by atoms with van der Waals surface area (Å²) < 4.78 is 4.61. The number of hydrogen-bond donors (Lipinski definition) is 1. The Morgan fingerprint density at radius 1 is 1.31 bits per heavy atom. The van der Waals surface area contributed by atoms with Gasteiger partial charge < -0.3 is 10.1 Å². The van der Waals surface area contributed by atoms with Gasteiger partial charge in [0.15, 0.2) is 5.78 Å². The van der Waals surface area contributed by atoms with Crippen LogP contribution in [0.1, 0.15) is 33.6 Å². The molecule has 0 radical (unpaired) electrons. The third-order valence-corrected chi connectivity index (χ3v) is 2.09. The van der Waals surface area contributed by atoms with Crippen molar-refractivity contribution < 1.29 is 14.3 Å². The fourth-order valence-corrected chi connectivity index (χ4v) is 1.09. The highest BCUT2D eigenvalue weighted by Crippen LogP contribution is 2.06. The number of ether oxygens (including phenoxy) is 1. The van der Waals surface area contributed by atoms with Crippen molar-refractivity contribution in [3.05, 3.63) is 23.5 Å². The number of carbonyl (C=O) groups excluding carboxylic acids is 2. The minimum absolute atomic E-state index is 0.0715. The molecule has 0 saturated heterocycles. The Balaban J connectivity index is 4.99. The van der Waals surface area contributed by atoms with E-state index in [1.807, 2.05) is 13.0 Å². The number of nitrogens with one attached hydrogen (secondary N) is 1. The Morgan fingerprint density at radius 3 is 2.38 bits per heavy atom. The van der Waals surface area contributed by atoms with Gasteiger partial charge in [-0.15, -0.1) is 0 Å². The van der Waals surface area contributed by atoms with E-state index in [0.29, 0.717) is 12.0 Å². The number of ketones is 1. The Bertz CT molecular complexity index is 316. The molecule has 0 unspecified atom stereocenters. The molecule has 0 saturated carbocycles. The van der Waals surface area contributed by atoms with E-state index in [1.165, 1.54) is 7.11 Å². The van der Waals surface area contributed by atoms with Crippen molar-refractivity contribution in [2.75, 3.05) is 7.11 Å². The zero-order valence-electron chi connectivity index (χ0n) is 10.3. The molecule has 0 aliphatic heterocycles. The molecule has 0 rings (SSSR count). The molecule has 0 atom stereocenters. The van der Waals surface area contributed by atoms with E-state index in [-0.39, 0.29) is 11.5 Å². The predicted octanol–water partition coefficient (Wildman–Crippen LogP) is 1.93. The number of carbonyl (C=O) groups is 2. The van der Waals surface area contributed by atoms with Crippen molar-refractivity contribution >= 4 is 11.8 Å². The van der Waals surface area contributed by atoms with E-state index in [2.05, 4.69) is 10.1 Å². The normalized spacial score (nSPS) is 12.2. The summed E-state index contributed by atoms with van der Waals surface area (Å²) in [5.74, 6) is -0.599. The van der Waals surface area contributed by atoms with Gasteiger partial charge in [-0.1, -0.05) is 19.9 Å². The van der Waals surface area contributed by atoms with Gasteiger partial charge in [0.05, 0.1) is 7.11 Å². The molecule has 16 heavy (non-hydrogen) atoms. The molecule has 0 heterocycles. The number of rotatable bonds is 6. The van der Waals surface area contributed by atoms with Gasteiger partial charge in [-0.25, -0.2) is 4.79 Å². The summed E-state index contributed by atoms with van der Waals surface area (Å²) in [6.45, 7) is 5.34. The fourth-order valence-electron chi connectivity index (χ4n) is 1.09. The smallest absolute Gasteiger partial charge is 0.354 e. The molecule has 4 heteroatoms. The van der Waals surface area contributed by atoms with Gasteiger partial charge in [0.25, 0.3) is 0 Å². The summed E-state index contributed by atoms with van der Waals surface area (Å²) in [4.78, 5) is 22.9. The molecule has 0 fully saturated rings. The lowest BCUT2D eigenvalue weighted by atomic mass is 10.1. The van der Waals surface area contributed by atoms with Crippen LogP contribution < -0.4 is 5.32 Å². The quantitative estimate of drug-likeness (QED) is 0.554. The van der Waals surface area contributed by atoms with Gasteiger partial charge in [-0.05, 0) is 19.5 Å². The molecule has 0 aromatic heterocycles. The van der Waals surface area contributed by atoms with E-state index in [0.717, 1.165) is 6.42 Å². The van der Waals surface area contributed by atoms with E-state index >= 15 is 0 Å². The minimum Gasteiger partial charge on any atom is -0.464 e. The fraction of sp³-hybridized carbons (Fsp3) is 0.500. The molecule has 1 N–H and O–H groups in total. The molecule has 0 aromatic rings. The van der Waals surface area contributed by atoms with Gasteiger partial charge >= 0.3 is 5.97 Å². The molecule has 0 aliphatic rings. The monoisotopic (exact) mass is 225 g/mol. The highest BCUT2D eigenvalue weighted by Gasteiger charge is 2.15. The Morgan fingerprint density at radius 2 is 1.94 bits per heavy atom. The van der Waals surface area contributed by atoms with E-state index < -0.39 is 5.97 Å². The molecular formula is C12H19NO3. The summed E-state index contributed by atoms with van der Waals surface area (Å²) in [7, 11) is 1.29. The lowest BCUT2D eigenvalue weighted by molar-refractivity contribution is -0.136. The first-order valence-corrected chi connectivity index (χ1v) is 5.32. The predicted molar refractivity (Wildman–Crippen MR) is 62.6 cm³/mol. The third kappa shape index (κ3) is 4.29.